The van der Waals surface area contributed by atoms with Gasteiger partial charge in [0, 0.05) is 12.1 Å². The predicted octanol–water partition coefficient (Wildman–Crippen LogP) is 3.88. The maximum atomic E-state index is 5.78. The Bertz CT molecular complexity index is 601. The van der Waals surface area contributed by atoms with Crippen LogP contribution in [-0.4, -0.2) is 16.8 Å². The molecule has 0 saturated heterocycles. The lowest BCUT2D eigenvalue weighted by Gasteiger charge is -2.19. The number of hydrogen-bond acceptors (Lipinski definition) is 3. The molecular weight excluding hydrogens is 318 g/mol. The molecule has 0 aromatic carbocycles. The first-order valence-electron chi connectivity index (χ1n) is 6.96. The molecule has 2 aromatic heterocycles. The number of nitrogens with zero attached hydrogens (tertiary/aromatic N) is 2. The van der Waals surface area contributed by atoms with Crippen LogP contribution in [0.3, 0.4) is 0 Å². The first-order chi connectivity index (χ1) is 9.51. The molecule has 0 radical (unpaired) electrons. The van der Waals surface area contributed by atoms with Crippen molar-refractivity contribution in [3.05, 3.63) is 39.0 Å². The first-order valence-corrected chi connectivity index (χ1v) is 7.75. The molecule has 4 nitrogen and oxygen atoms in total. The topological polar surface area (TPSA) is 43.0 Å². The second-order valence-corrected chi connectivity index (χ2v) is 5.93. The van der Waals surface area contributed by atoms with Crippen molar-refractivity contribution >= 4 is 15.9 Å². The zero-order chi connectivity index (χ0) is 14.9. The summed E-state index contributed by atoms with van der Waals surface area (Å²) in [5.41, 5.74) is 3.57. The number of rotatable bonds is 5. The molecule has 0 fully saturated rings. The molecule has 0 spiro atoms. The van der Waals surface area contributed by atoms with Gasteiger partial charge in [-0.15, -0.1) is 0 Å². The Morgan fingerprint density at radius 2 is 2.05 bits per heavy atom. The van der Waals surface area contributed by atoms with E-state index in [9.17, 15) is 0 Å². The van der Waals surface area contributed by atoms with Crippen molar-refractivity contribution < 1.29 is 4.42 Å². The lowest BCUT2D eigenvalue weighted by Crippen LogP contribution is -2.23. The van der Waals surface area contributed by atoms with Crippen molar-refractivity contribution in [2.24, 2.45) is 0 Å². The van der Waals surface area contributed by atoms with Crippen molar-refractivity contribution in [1.82, 2.24) is 15.1 Å². The van der Waals surface area contributed by atoms with E-state index in [-0.39, 0.29) is 6.04 Å². The molecule has 1 unspecified atom stereocenters. The van der Waals surface area contributed by atoms with Gasteiger partial charge in [0.05, 0.1) is 22.4 Å². The van der Waals surface area contributed by atoms with E-state index in [0.29, 0.717) is 0 Å². The van der Waals surface area contributed by atoms with Gasteiger partial charge in [0.25, 0.3) is 0 Å². The lowest BCUT2D eigenvalue weighted by molar-refractivity contribution is 0.489. The van der Waals surface area contributed by atoms with Crippen molar-refractivity contribution in [1.29, 1.82) is 0 Å². The highest BCUT2D eigenvalue weighted by Gasteiger charge is 2.26. The summed E-state index contributed by atoms with van der Waals surface area (Å²) in [5, 5.41) is 7.87. The molecule has 2 rings (SSSR count). The average Bonchev–Trinajstić information content (AvgIpc) is 2.87. The third-order valence-corrected chi connectivity index (χ3v) is 4.35. The van der Waals surface area contributed by atoms with Crippen LogP contribution in [0, 0.1) is 20.8 Å². The summed E-state index contributed by atoms with van der Waals surface area (Å²) in [4.78, 5) is 0. The summed E-state index contributed by atoms with van der Waals surface area (Å²) in [5.74, 6) is 1.95. The Morgan fingerprint density at radius 3 is 2.55 bits per heavy atom. The average molecular weight is 340 g/mol. The Kier molecular flexibility index (Phi) is 4.70. The summed E-state index contributed by atoms with van der Waals surface area (Å²) in [7, 11) is 1.97. The van der Waals surface area contributed by atoms with Crippen LogP contribution in [0.15, 0.2) is 15.1 Å². The van der Waals surface area contributed by atoms with Gasteiger partial charge >= 0.3 is 0 Å². The van der Waals surface area contributed by atoms with Crippen LogP contribution >= 0.6 is 15.9 Å². The maximum Gasteiger partial charge on any atom is 0.106 e. The number of furan rings is 1. The minimum Gasteiger partial charge on any atom is -0.466 e. The molecule has 2 aromatic rings. The summed E-state index contributed by atoms with van der Waals surface area (Å²) in [6.45, 7) is 9.21. The van der Waals surface area contributed by atoms with Gasteiger partial charge in [0.15, 0.2) is 0 Å². The summed E-state index contributed by atoms with van der Waals surface area (Å²) >= 11 is 3.63. The normalized spacial score (nSPS) is 12.9. The number of halogens is 1. The highest BCUT2D eigenvalue weighted by atomic mass is 79.9. The highest BCUT2D eigenvalue weighted by Crippen LogP contribution is 2.34. The SMILES string of the molecule is CCCn1ncc(Br)c1C(NC)c1c(C)oc(C)c1C. The minimum absolute atomic E-state index is 0.0795. The van der Waals surface area contributed by atoms with E-state index in [2.05, 4.69) is 44.9 Å². The van der Waals surface area contributed by atoms with E-state index in [0.717, 1.165) is 34.7 Å². The van der Waals surface area contributed by atoms with Crippen LogP contribution in [0.25, 0.3) is 0 Å². The molecule has 0 bridgehead atoms. The number of aromatic nitrogens is 2. The summed E-state index contributed by atoms with van der Waals surface area (Å²) < 4.78 is 8.87. The van der Waals surface area contributed by atoms with E-state index in [1.165, 1.54) is 11.1 Å². The molecule has 110 valence electrons. The van der Waals surface area contributed by atoms with Crippen molar-refractivity contribution in [3.8, 4) is 0 Å². The molecule has 0 saturated carbocycles. The summed E-state index contributed by atoms with van der Waals surface area (Å²) in [6, 6.07) is 0.0795. The second-order valence-electron chi connectivity index (χ2n) is 5.08. The van der Waals surface area contributed by atoms with Gasteiger partial charge in [-0.05, 0) is 55.7 Å². The van der Waals surface area contributed by atoms with Crippen LogP contribution in [0.1, 0.15) is 47.7 Å². The monoisotopic (exact) mass is 339 g/mol. The van der Waals surface area contributed by atoms with Crippen LogP contribution < -0.4 is 5.32 Å². The van der Waals surface area contributed by atoms with E-state index < -0.39 is 0 Å². The highest BCUT2D eigenvalue weighted by molar-refractivity contribution is 9.10. The van der Waals surface area contributed by atoms with E-state index >= 15 is 0 Å². The fourth-order valence-corrected chi connectivity index (χ4v) is 3.23. The molecule has 0 aliphatic heterocycles. The van der Waals surface area contributed by atoms with E-state index in [1.54, 1.807) is 0 Å². The molecular formula is C15H22BrN3O. The van der Waals surface area contributed by atoms with Gasteiger partial charge in [0.1, 0.15) is 11.5 Å². The van der Waals surface area contributed by atoms with Crippen LogP contribution in [-0.2, 0) is 6.54 Å². The molecule has 1 atom stereocenters. The van der Waals surface area contributed by atoms with Gasteiger partial charge in [0.2, 0.25) is 0 Å². The second kappa shape index (κ2) is 6.14. The number of nitrogens with one attached hydrogen (secondary N) is 1. The Hall–Kier alpha value is -1.07. The molecule has 20 heavy (non-hydrogen) atoms. The van der Waals surface area contributed by atoms with Crippen molar-refractivity contribution in [2.45, 2.75) is 46.7 Å². The Morgan fingerprint density at radius 1 is 1.35 bits per heavy atom. The van der Waals surface area contributed by atoms with Gasteiger partial charge < -0.3 is 9.73 Å². The van der Waals surface area contributed by atoms with Crippen molar-refractivity contribution in [3.63, 3.8) is 0 Å². The van der Waals surface area contributed by atoms with Crippen LogP contribution in [0.5, 0.6) is 0 Å². The van der Waals surface area contributed by atoms with Gasteiger partial charge in [-0.2, -0.15) is 5.10 Å². The minimum atomic E-state index is 0.0795. The van der Waals surface area contributed by atoms with Crippen LogP contribution in [0.4, 0.5) is 0 Å². The van der Waals surface area contributed by atoms with Crippen molar-refractivity contribution in [2.75, 3.05) is 7.05 Å². The Balaban J connectivity index is 2.55. The fraction of sp³-hybridized carbons (Fsp3) is 0.533. The lowest BCUT2D eigenvalue weighted by atomic mass is 9.99. The van der Waals surface area contributed by atoms with Crippen LogP contribution in [0.2, 0.25) is 0 Å². The van der Waals surface area contributed by atoms with Gasteiger partial charge in [-0.1, -0.05) is 6.92 Å². The maximum absolute atomic E-state index is 5.78. The molecule has 1 N–H and O–H groups in total. The molecule has 0 aliphatic carbocycles. The third-order valence-electron chi connectivity index (χ3n) is 3.74. The number of aryl methyl sites for hydroxylation is 3. The molecule has 5 heteroatoms. The Labute approximate surface area is 128 Å². The standard InChI is InChI=1S/C15H22BrN3O/c1-6-7-19-15(12(16)8-18-19)14(17-5)13-9(2)10(3)20-11(13)4/h8,14,17H,6-7H2,1-5H3. The van der Waals surface area contributed by atoms with Gasteiger partial charge in [-0.3, -0.25) is 4.68 Å². The zero-order valence-electron chi connectivity index (χ0n) is 12.7. The van der Waals surface area contributed by atoms with E-state index in [1.807, 2.05) is 27.1 Å². The molecule has 2 heterocycles. The predicted molar refractivity (Wildman–Crippen MR) is 84.0 cm³/mol. The molecule has 0 amide bonds. The fourth-order valence-electron chi connectivity index (χ4n) is 2.70. The largest absolute Gasteiger partial charge is 0.466 e. The smallest absolute Gasteiger partial charge is 0.106 e. The van der Waals surface area contributed by atoms with Gasteiger partial charge in [-0.25, -0.2) is 0 Å². The zero-order valence-corrected chi connectivity index (χ0v) is 14.3. The van der Waals surface area contributed by atoms with E-state index in [4.69, 9.17) is 4.42 Å². The molecule has 0 aliphatic rings. The summed E-state index contributed by atoms with van der Waals surface area (Å²) in [6.07, 6.45) is 2.92. The third kappa shape index (κ3) is 2.56. The first kappa shape index (κ1) is 15.3. The quantitative estimate of drug-likeness (QED) is 0.898. The number of hydrogen-bond donors (Lipinski definition) is 1.